The molecular formula is C15H33N. The number of hydrogen-bond donors (Lipinski definition) is 1. The van der Waals surface area contributed by atoms with E-state index in [4.69, 9.17) is 0 Å². The molecule has 0 heterocycles. The van der Waals surface area contributed by atoms with E-state index in [-0.39, 0.29) is 0 Å². The predicted octanol–water partition coefficient (Wildman–Crippen LogP) is 4.62. The average molecular weight is 227 g/mol. The van der Waals surface area contributed by atoms with E-state index in [1.54, 1.807) is 0 Å². The molecule has 1 nitrogen and oxygen atoms in total. The number of unbranched alkanes of at least 4 members (excludes halogenated alkanes) is 3. The molecule has 0 amide bonds. The van der Waals surface area contributed by atoms with Crippen LogP contribution >= 0.6 is 0 Å². The molecule has 98 valence electrons. The lowest BCUT2D eigenvalue weighted by Crippen LogP contribution is -2.23. The van der Waals surface area contributed by atoms with Crippen LogP contribution < -0.4 is 5.32 Å². The largest absolute Gasteiger partial charge is 0.316 e. The average Bonchev–Trinajstić information content (AvgIpc) is 2.27. The lowest BCUT2D eigenvalue weighted by molar-refractivity contribution is 0.441. The molecule has 0 bridgehead atoms. The first kappa shape index (κ1) is 16.0. The van der Waals surface area contributed by atoms with Gasteiger partial charge in [0.25, 0.3) is 0 Å². The van der Waals surface area contributed by atoms with Crippen molar-refractivity contribution >= 4 is 0 Å². The van der Waals surface area contributed by atoms with E-state index >= 15 is 0 Å². The van der Waals surface area contributed by atoms with Gasteiger partial charge >= 0.3 is 0 Å². The first-order valence-corrected chi connectivity index (χ1v) is 7.41. The molecule has 0 aliphatic carbocycles. The van der Waals surface area contributed by atoms with Crippen molar-refractivity contribution in [3.63, 3.8) is 0 Å². The van der Waals surface area contributed by atoms with Crippen LogP contribution in [0.1, 0.15) is 72.6 Å². The highest BCUT2D eigenvalue weighted by molar-refractivity contribution is 4.58. The fourth-order valence-electron chi connectivity index (χ4n) is 2.04. The van der Waals surface area contributed by atoms with Crippen LogP contribution in [-0.4, -0.2) is 13.1 Å². The fourth-order valence-corrected chi connectivity index (χ4v) is 2.04. The van der Waals surface area contributed by atoms with Gasteiger partial charge in [-0.1, -0.05) is 66.2 Å². The SMILES string of the molecule is CCC(CC)CNCCCCCCC(C)C. The zero-order valence-electron chi connectivity index (χ0n) is 12.0. The Balaban J connectivity index is 3.09. The quantitative estimate of drug-likeness (QED) is 0.508. The van der Waals surface area contributed by atoms with Crippen LogP contribution in [0.4, 0.5) is 0 Å². The molecule has 16 heavy (non-hydrogen) atoms. The highest BCUT2D eigenvalue weighted by atomic mass is 14.8. The molecule has 1 N–H and O–H groups in total. The third kappa shape index (κ3) is 10.5. The van der Waals surface area contributed by atoms with Crippen molar-refractivity contribution in [2.45, 2.75) is 72.6 Å². The van der Waals surface area contributed by atoms with Crippen molar-refractivity contribution in [2.75, 3.05) is 13.1 Å². The summed E-state index contributed by atoms with van der Waals surface area (Å²) in [6.07, 6.45) is 9.65. The van der Waals surface area contributed by atoms with Gasteiger partial charge in [-0.3, -0.25) is 0 Å². The Hall–Kier alpha value is -0.0400. The molecule has 0 unspecified atom stereocenters. The Morgan fingerprint density at radius 2 is 1.50 bits per heavy atom. The van der Waals surface area contributed by atoms with Crippen molar-refractivity contribution < 1.29 is 0 Å². The Labute approximate surface area is 103 Å². The van der Waals surface area contributed by atoms with E-state index in [1.165, 1.54) is 58.0 Å². The molecule has 1 heteroatoms. The molecule has 0 saturated heterocycles. The Kier molecular flexibility index (Phi) is 11.4. The van der Waals surface area contributed by atoms with Crippen molar-refractivity contribution in [3.05, 3.63) is 0 Å². The summed E-state index contributed by atoms with van der Waals surface area (Å²) in [5, 5.41) is 3.59. The summed E-state index contributed by atoms with van der Waals surface area (Å²) in [6.45, 7) is 11.7. The predicted molar refractivity (Wildman–Crippen MR) is 74.9 cm³/mol. The maximum atomic E-state index is 3.59. The van der Waals surface area contributed by atoms with Gasteiger partial charge in [-0.2, -0.15) is 0 Å². The van der Waals surface area contributed by atoms with Gasteiger partial charge < -0.3 is 5.32 Å². The number of nitrogens with one attached hydrogen (secondary N) is 1. The second-order valence-electron chi connectivity index (χ2n) is 5.48. The molecule has 0 aromatic rings. The maximum absolute atomic E-state index is 3.59. The lowest BCUT2D eigenvalue weighted by atomic mass is 10.0. The monoisotopic (exact) mass is 227 g/mol. The third-order valence-corrected chi connectivity index (χ3v) is 3.47. The fraction of sp³-hybridized carbons (Fsp3) is 1.00. The smallest absolute Gasteiger partial charge is 0.00207 e. The molecule has 0 aromatic carbocycles. The minimum atomic E-state index is 0.882. The minimum absolute atomic E-state index is 0.882. The summed E-state index contributed by atoms with van der Waals surface area (Å²) in [6, 6.07) is 0. The summed E-state index contributed by atoms with van der Waals surface area (Å²) in [4.78, 5) is 0. The zero-order valence-corrected chi connectivity index (χ0v) is 12.0. The van der Waals surface area contributed by atoms with Crippen LogP contribution in [-0.2, 0) is 0 Å². The number of hydrogen-bond acceptors (Lipinski definition) is 1. The highest BCUT2D eigenvalue weighted by Gasteiger charge is 2.01. The summed E-state index contributed by atoms with van der Waals surface area (Å²) in [7, 11) is 0. The first-order chi connectivity index (χ1) is 7.70. The second kappa shape index (κ2) is 11.4. The molecule has 0 aliphatic rings. The zero-order chi connectivity index (χ0) is 12.2. The summed E-state index contributed by atoms with van der Waals surface area (Å²) in [5.74, 6) is 1.77. The van der Waals surface area contributed by atoms with Crippen LogP contribution in [0.3, 0.4) is 0 Å². The highest BCUT2D eigenvalue weighted by Crippen LogP contribution is 2.09. The molecule has 0 rings (SSSR count). The molecule has 0 radical (unpaired) electrons. The van der Waals surface area contributed by atoms with Gasteiger partial charge in [0, 0.05) is 0 Å². The molecular weight excluding hydrogens is 194 g/mol. The van der Waals surface area contributed by atoms with E-state index in [9.17, 15) is 0 Å². The Morgan fingerprint density at radius 3 is 2.06 bits per heavy atom. The summed E-state index contributed by atoms with van der Waals surface area (Å²) >= 11 is 0. The van der Waals surface area contributed by atoms with Gasteiger partial charge in [-0.25, -0.2) is 0 Å². The van der Waals surface area contributed by atoms with Gasteiger partial charge in [0.05, 0.1) is 0 Å². The van der Waals surface area contributed by atoms with Gasteiger partial charge in [-0.15, -0.1) is 0 Å². The van der Waals surface area contributed by atoms with Crippen LogP contribution in [0.15, 0.2) is 0 Å². The standard InChI is InChI=1S/C15H33N/c1-5-15(6-2)13-16-12-10-8-7-9-11-14(3)4/h14-16H,5-13H2,1-4H3. The molecule has 0 fully saturated rings. The van der Waals surface area contributed by atoms with Crippen molar-refractivity contribution in [2.24, 2.45) is 11.8 Å². The molecule has 0 saturated carbocycles. The van der Waals surface area contributed by atoms with Crippen molar-refractivity contribution in [3.8, 4) is 0 Å². The van der Waals surface area contributed by atoms with Gasteiger partial charge in [-0.05, 0) is 31.3 Å². The van der Waals surface area contributed by atoms with Crippen LogP contribution in [0, 0.1) is 11.8 Å². The van der Waals surface area contributed by atoms with Crippen LogP contribution in [0.2, 0.25) is 0 Å². The van der Waals surface area contributed by atoms with Crippen molar-refractivity contribution in [1.29, 1.82) is 0 Å². The number of rotatable bonds is 11. The maximum Gasteiger partial charge on any atom is -0.00207 e. The molecule has 0 aliphatic heterocycles. The minimum Gasteiger partial charge on any atom is -0.316 e. The van der Waals surface area contributed by atoms with E-state index in [0.29, 0.717) is 0 Å². The molecule has 0 aromatic heterocycles. The van der Waals surface area contributed by atoms with Crippen molar-refractivity contribution in [1.82, 2.24) is 5.32 Å². The van der Waals surface area contributed by atoms with Gasteiger partial charge in [0.15, 0.2) is 0 Å². The van der Waals surface area contributed by atoms with E-state index in [1.807, 2.05) is 0 Å². The van der Waals surface area contributed by atoms with Gasteiger partial charge in [0.2, 0.25) is 0 Å². The molecule has 0 atom stereocenters. The van der Waals surface area contributed by atoms with E-state index in [0.717, 1.165) is 11.8 Å². The second-order valence-corrected chi connectivity index (χ2v) is 5.48. The van der Waals surface area contributed by atoms with E-state index in [2.05, 4.69) is 33.0 Å². The topological polar surface area (TPSA) is 12.0 Å². The normalized spacial score (nSPS) is 11.6. The summed E-state index contributed by atoms with van der Waals surface area (Å²) < 4.78 is 0. The lowest BCUT2D eigenvalue weighted by Gasteiger charge is -2.13. The van der Waals surface area contributed by atoms with E-state index < -0.39 is 0 Å². The molecule has 0 spiro atoms. The van der Waals surface area contributed by atoms with Crippen LogP contribution in [0.25, 0.3) is 0 Å². The Morgan fingerprint density at radius 1 is 0.875 bits per heavy atom. The third-order valence-electron chi connectivity index (χ3n) is 3.47. The van der Waals surface area contributed by atoms with Gasteiger partial charge in [0.1, 0.15) is 0 Å². The Bertz CT molecular complexity index is 127. The first-order valence-electron chi connectivity index (χ1n) is 7.41. The summed E-state index contributed by atoms with van der Waals surface area (Å²) in [5.41, 5.74) is 0. The van der Waals surface area contributed by atoms with Crippen LogP contribution in [0.5, 0.6) is 0 Å².